The molecule has 0 atom stereocenters. The first kappa shape index (κ1) is 19.0. The molecule has 0 aliphatic rings. The third-order valence-corrected chi connectivity index (χ3v) is 5.02. The van der Waals surface area contributed by atoms with Crippen molar-refractivity contribution in [3.8, 4) is 11.6 Å². The van der Waals surface area contributed by atoms with Crippen molar-refractivity contribution in [3.63, 3.8) is 0 Å². The molecule has 3 heterocycles. The summed E-state index contributed by atoms with van der Waals surface area (Å²) in [4.78, 5) is 14.0. The van der Waals surface area contributed by atoms with Crippen molar-refractivity contribution in [3.05, 3.63) is 60.4 Å². The van der Waals surface area contributed by atoms with Crippen LogP contribution < -0.4 is 5.32 Å². The lowest BCUT2D eigenvalue weighted by atomic mass is 10.1. The fourth-order valence-electron chi connectivity index (χ4n) is 3.44. The van der Waals surface area contributed by atoms with E-state index < -0.39 is 0 Å². The normalized spacial score (nSPS) is 11.4. The zero-order valence-electron chi connectivity index (χ0n) is 17.0. The van der Waals surface area contributed by atoms with Gasteiger partial charge in [-0.3, -0.25) is 4.57 Å². The number of imidazole rings is 2. The van der Waals surface area contributed by atoms with Crippen molar-refractivity contribution in [1.82, 2.24) is 24.1 Å². The third kappa shape index (κ3) is 3.81. The molecule has 0 unspecified atom stereocenters. The minimum atomic E-state index is 0.265. The summed E-state index contributed by atoms with van der Waals surface area (Å²) in [5.74, 6) is 2.09. The Labute approximate surface area is 170 Å². The summed E-state index contributed by atoms with van der Waals surface area (Å²) in [6.45, 7) is 7.10. The predicted octanol–water partition coefficient (Wildman–Crippen LogP) is 4.12. The zero-order chi connectivity index (χ0) is 20.4. The van der Waals surface area contributed by atoms with Crippen molar-refractivity contribution in [2.75, 3.05) is 11.9 Å². The number of aromatic hydroxyl groups is 1. The van der Waals surface area contributed by atoms with Crippen molar-refractivity contribution in [2.24, 2.45) is 0 Å². The molecule has 0 aliphatic carbocycles. The monoisotopic (exact) mass is 390 g/mol. The smallest absolute Gasteiger partial charge is 0.164 e. The summed E-state index contributed by atoms with van der Waals surface area (Å²) in [7, 11) is 0. The maximum Gasteiger partial charge on any atom is 0.164 e. The summed E-state index contributed by atoms with van der Waals surface area (Å²) in [6, 6.07) is 9.62. The first-order valence-corrected chi connectivity index (χ1v) is 9.98. The standard InChI is InChI=1S/C22H26N6O/c1-4-19-24-11-12-27(19)20-13-18(21-22(26-20)28(14-25-21)15(2)3)23-10-9-16-5-7-17(29)8-6-16/h5-8,11-15,29H,4,9-10H2,1-3H3,(H,23,26). The molecule has 150 valence electrons. The van der Waals surface area contributed by atoms with Gasteiger partial charge in [0.25, 0.3) is 0 Å². The molecule has 3 aromatic heterocycles. The van der Waals surface area contributed by atoms with Gasteiger partial charge in [-0.2, -0.15) is 0 Å². The molecule has 0 amide bonds. The van der Waals surface area contributed by atoms with Gasteiger partial charge in [0.15, 0.2) is 5.65 Å². The number of phenols is 1. The van der Waals surface area contributed by atoms with Crippen molar-refractivity contribution >= 4 is 16.9 Å². The highest BCUT2D eigenvalue weighted by Crippen LogP contribution is 2.26. The maximum absolute atomic E-state index is 9.45. The van der Waals surface area contributed by atoms with Gasteiger partial charge in [0, 0.05) is 37.5 Å². The average Bonchev–Trinajstić information content (AvgIpc) is 3.36. The second-order valence-electron chi connectivity index (χ2n) is 7.36. The highest BCUT2D eigenvalue weighted by Gasteiger charge is 2.15. The highest BCUT2D eigenvalue weighted by atomic mass is 16.3. The van der Waals surface area contributed by atoms with E-state index in [1.165, 1.54) is 0 Å². The number of nitrogens with zero attached hydrogens (tertiary/aromatic N) is 5. The van der Waals surface area contributed by atoms with Crippen LogP contribution >= 0.6 is 0 Å². The Morgan fingerprint density at radius 2 is 1.93 bits per heavy atom. The number of anilines is 1. The molecule has 7 heteroatoms. The molecule has 0 fully saturated rings. The van der Waals surface area contributed by atoms with E-state index in [0.717, 1.165) is 53.4 Å². The van der Waals surface area contributed by atoms with Gasteiger partial charge in [-0.05, 0) is 38.0 Å². The molecule has 0 spiro atoms. The number of phenolic OH excluding ortho intramolecular Hbond substituents is 1. The molecule has 29 heavy (non-hydrogen) atoms. The Hall–Kier alpha value is -3.35. The van der Waals surface area contributed by atoms with E-state index in [9.17, 15) is 5.11 Å². The number of nitrogens with one attached hydrogen (secondary N) is 1. The Balaban J connectivity index is 1.68. The first-order chi connectivity index (χ1) is 14.1. The van der Waals surface area contributed by atoms with Crippen molar-refractivity contribution in [2.45, 2.75) is 39.7 Å². The average molecular weight is 390 g/mol. The molecule has 2 N–H and O–H groups in total. The van der Waals surface area contributed by atoms with Gasteiger partial charge in [-0.1, -0.05) is 19.1 Å². The van der Waals surface area contributed by atoms with Gasteiger partial charge >= 0.3 is 0 Å². The van der Waals surface area contributed by atoms with Crippen molar-refractivity contribution < 1.29 is 5.11 Å². The summed E-state index contributed by atoms with van der Waals surface area (Å²) in [5.41, 5.74) is 3.85. The van der Waals surface area contributed by atoms with E-state index >= 15 is 0 Å². The molecule has 0 bridgehead atoms. The molecule has 0 saturated carbocycles. The van der Waals surface area contributed by atoms with Crippen LogP contribution in [0.2, 0.25) is 0 Å². The van der Waals surface area contributed by atoms with E-state index in [0.29, 0.717) is 0 Å². The Morgan fingerprint density at radius 3 is 2.66 bits per heavy atom. The Bertz CT molecular complexity index is 1110. The summed E-state index contributed by atoms with van der Waals surface area (Å²) < 4.78 is 4.12. The number of aromatic nitrogens is 5. The van der Waals surface area contributed by atoms with E-state index in [1.807, 2.05) is 41.5 Å². The lowest BCUT2D eigenvalue weighted by molar-refractivity contribution is 0.475. The maximum atomic E-state index is 9.45. The van der Waals surface area contributed by atoms with Gasteiger partial charge in [-0.15, -0.1) is 0 Å². The summed E-state index contributed by atoms with van der Waals surface area (Å²) in [5, 5.41) is 13.0. The fraction of sp³-hybridized carbons (Fsp3) is 0.318. The molecule has 1 aromatic carbocycles. The van der Waals surface area contributed by atoms with Crippen LogP contribution in [0.1, 0.15) is 38.2 Å². The number of fused-ring (bicyclic) bond motifs is 1. The SMILES string of the molecule is CCc1nccn1-c1cc(NCCc2ccc(O)cc2)c2ncn(C(C)C)c2n1. The van der Waals surface area contributed by atoms with E-state index in [-0.39, 0.29) is 11.8 Å². The molecule has 0 aliphatic heterocycles. The van der Waals surface area contributed by atoms with Crippen molar-refractivity contribution in [1.29, 1.82) is 0 Å². The van der Waals surface area contributed by atoms with E-state index in [4.69, 9.17) is 4.98 Å². The fourth-order valence-corrected chi connectivity index (χ4v) is 3.44. The number of pyridine rings is 1. The van der Waals surface area contributed by atoms with E-state index in [1.54, 1.807) is 12.1 Å². The number of aryl methyl sites for hydroxylation is 1. The van der Waals surface area contributed by atoms with Crippen LogP contribution in [0.15, 0.2) is 49.1 Å². The number of hydrogen-bond donors (Lipinski definition) is 2. The minimum Gasteiger partial charge on any atom is -0.508 e. The first-order valence-electron chi connectivity index (χ1n) is 9.98. The Morgan fingerprint density at radius 1 is 1.14 bits per heavy atom. The highest BCUT2D eigenvalue weighted by molar-refractivity contribution is 5.87. The molecule has 7 nitrogen and oxygen atoms in total. The lowest BCUT2D eigenvalue weighted by Crippen LogP contribution is -2.09. The zero-order valence-corrected chi connectivity index (χ0v) is 17.0. The van der Waals surface area contributed by atoms with Crippen LogP contribution in [0.3, 0.4) is 0 Å². The summed E-state index contributed by atoms with van der Waals surface area (Å²) >= 11 is 0. The largest absolute Gasteiger partial charge is 0.508 e. The van der Waals surface area contributed by atoms with Gasteiger partial charge < -0.3 is 15.0 Å². The lowest BCUT2D eigenvalue weighted by Gasteiger charge is -2.13. The van der Waals surface area contributed by atoms with Gasteiger partial charge in [0.05, 0.1) is 12.0 Å². The number of hydrogen-bond acceptors (Lipinski definition) is 5. The van der Waals surface area contributed by atoms with Crippen LogP contribution in [0, 0.1) is 0 Å². The molecule has 4 aromatic rings. The van der Waals surface area contributed by atoms with Crippen LogP contribution in [-0.4, -0.2) is 35.7 Å². The van der Waals surface area contributed by atoms with Crippen LogP contribution in [-0.2, 0) is 12.8 Å². The third-order valence-electron chi connectivity index (χ3n) is 5.02. The number of rotatable bonds is 7. The van der Waals surface area contributed by atoms with Gasteiger partial charge in [0.1, 0.15) is 22.9 Å². The van der Waals surface area contributed by atoms with Crippen LogP contribution in [0.5, 0.6) is 5.75 Å². The molecule has 0 saturated heterocycles. The molecular formula is C22H26N6O. The molecule has 4 rings (SSSR count). The van der Waals surface area contributed by atoms with Crippen LogP contribution in [0.25, 0.3) is 17.0 Å². The number of benzene rings is 1. The second kappa shape index (κ2) is 7.95. The minimum absolute atomic E-state index is 0.265. The van der Waals surface area contributed by atoms with Crippen LogP contribution in [0.4, 0.5) is 5.69 Å². The molecule has 0 radical (unpaired) electrons. The van der Waals surface area contributed by atoms with E-state index in [2.05, 4.69) is 40.6 Å². The second-order valence-corrected chi connectivity index (χ2v) is 7.36. The van der Waals surface area contributed by atoms with Gasteiger partial charge in [-0.25, -0.2) is 15.0 Å². The van der Waals surface area contributed by atoms with Gasteiger partial charge in [0.2, 0.25) is 0 Å². The summed E-state index contributed by atoms with van der Waals surface area (Å²) in [6.07, 6.45) is 7.28. The Kier molecular flexibility index (Phi) is 5.20. The topological polar surface area (TPSA) is 80.8 Å². The molecular weight excluding hydrogens is 364 g/mol. The quantitative estimate of drug-likeness (QED) is 0.496. The predicted molar refractivity (Wildman–Crippen MR) is 115 cm³/mol.